The van der Waals surface area contributed by atoms with E-state index in [1.807, 2.05) is 42.5 Å². The molecule has 2 saturated heterocycles. The molecule has 0 saturated carbocycles. The van der Waals surface area contributed by atoms with Gasteiger partial charge < -0.3 is 0 Å². The molecule has 178 valence electrons. The van der Waals surface area contributed by atoms with Crippen LogP contribution in [0.25, 0.3) is 0 Å². The molecule has 0 aliphatic carbocycles. The van der Waals surface area contributed by atoms with E-state index >= 15 is 0 Å². The lowest BCUT2D eigenvalue weighted by Gasteiger charge is -2.40. The highest BCUT2D eigenvalue weighted by Crippen LogP contribution is 2.29. The third-order valence-corrected chi connectivity index (χ3v) is 6.66. The zero-order valence-corrected chi connectivity index (χ0v) is 19.5. The molecule has 2 aliphatic rings. The molecule has 0 atom stereocenters. The summed E-state index contributed by atoms with van der Waals surface area (Å²) < 4.78 is 0. The van der Waals surface area contributed by atoms with Crippen molar-refractivity contribution >= 4 is 17.8 Å². The summed E-state index contributed by atoms with van der Waals surface area (Å²) >= 11 is 0. The van der Waals surface area contributed by atoms with Gasteiger partial charge in [-0.2, -0.15) is 0 Å². The maximum Gasteiger partial charge on any atom is 0.335 e. The van der Waals surface area contributed by atoms with E-state index in [1.165, 1.54) is 11.1 Å². The summed E-state index contributed by atoms with van der Waals surface area (Å²) in [5.41, 5.74) is 3.28. The van der Waals surface area contributed by atoms with E-state index in [0.717, 1.165) is 28.5 Å². The minimum atomic E-state index is -0.759. The van der Waals surface area contributed by atoms with Crippen LogP contribution in [0.2, 0.25) is 0 Å². The second kappa shape index (κ2) is 10.2. The number of hydrogen-bond donors (Lipinski definition) is 0. The fraction of sp³-hybridized carbons (Fsp3) is 0.250. The lowest BCUT2D eigenvalue weighted by molar-refractivity contribution is -0.144. The van der Waals surface area contributed by atoms with Gasteiger partial charge in [0.15, 0.2) is 0 Å². The topological polar surface area (TPSA) is 64.2 Å². The van der Waals surface area contributed by atoms with Crippen LogP contribution < -0.4 is 0 Å². The third-order valence-electron chi connectivity index (χ3n) is 6.66. The maximum atomic E-state index is 12.9. The molecular weight excluding hydrogens is 440 g/mol. The van der Waals surface area contributed by atoms with Crippen molar-refractivity contribution in [2.45, 2.75) is 12.6 Å². The van der Waals surface area contributed by atoms with Crippen molar-refractivity contribution in [2.75, 3.05) is 32.8 Å². The third kappa shape index (κ3) is 4.87. The lowest BCUT2D eigenvalue weighted by Crippen LogP contribution is -2.52. The van der Waals surface area contributed by atoms with E-state index in [0.29, 0.717) is 13.1 Å². The van der Waals surface area contributed by atoms with Gasteiger partial charge in [0, 0.05) is 26.2 Å². The van der Waals surface area contributed by atoms with Crippen LogP contribution in [0.3, 0.4) is 0 Å². The van der Waals surface area contributed by atoms with Crippen LogP contribution in [0.1, 0.15) is 22.7 Å². The number of amides is 4. The number of nitrogens with zero attached hydrogens (tertiary/aromatic N) is 4. The first-order chi connectivity index (χ1) is 17.1. The second-order valence-electron chi connectivity index (χ2n) is 8.91. The molecule has 0 bridgehead atoms. The Labute approximate surface area is 205 Å². The van der Waals surface area contributed by atoms with Gasteiger partial charge >= 0.3 is 17.8 Å². The van der Waals surface area contributed by atoms with Gasteiger partial charge in [0.1, 0.15) is 0 Å². The summed E-state index contributed by atoms with van der Waals surface area (Å²) in [6.07, 6.45) is 0. The minimum Gasteiger partial charge on any atom is -0.290 e. The predicted molar refractivity (Wildman–Crippen MR) is 132 cm³/mol. The second-order valence-corrected chi connectivity index (χ2v) is 8.91. The largest absolute Gasteiger partial charge is 0.335 e. The Morgan fingerprint density at radius 2 is 1.09 bits per heavy atom. The highest BCUT2D eigenvalue weighted by molar-refractivity contribution is 6.44. The number of urea groups is 1. The van der Waals surface area contributed by atoms with E-state index in [2.05, 4.69) is 58.3 Å². The summed E-state index contributed by atoms with van der Waals surface area (Å²) in [7, 11) is 0. The average Bonchev–Trinajstić information content (AvgIpc) is 3.10. The van der Waals surface area contributed by atoms with Gasteiger partial charge in [-0.1, -0.05) is 91.0 Å². The smallest absolute Gasteiger partial charge is 0.290 e. The maximum absolute atomic E-state index is 12.9. The van der Waals surface area contributed by atoms with Crippen molar-refractivity contribution in [1.82, 2.24) is 19.6 Å². The summed E-state index contributed by atoms with van der Waals surface area (Å²) in [6, 6.07) is 29.7. The van der Waals surface area contributed by atoms with E-state index < -0.39 is 17.8 Å². The average molecular weight is 469 g/mol. The minimum absolute atomic E-state index is 0.102. The number of benzene rings is 3. The Bertz CT molecular complexity index is 1140. The van der Waals surface area contributed by atoms with Crippen molar-refractivity contribution in [2.24, 2.45) is 0 Å². The molecule has 35 heavy (non-hydrogen) atoms. The van der Waals surface area contributed by atoms with E-state index in [-0.39, 0.29) is 19.3 Å². The molecular formula is C28H28N4O3. The van der Waals surface area contributed by atoms with E-state index in [1.54, 1.807) is 0 Å². The summed E-state index contributed by atoms with van der Waals surface area (Å²) in [4.78, 5) is 44.7. The van der Waals surface area contributed by atoms with Crippen molar-refractivity contribution in [3.63, 3.8) is 0 Å². The molecule has 0 spiro atoms. The first-order valence-corrected chi connectivity index (χ1v) is 11.9. The standard InChI is InChI=1S/C28H28N4O3/c33-26-27(34)32(28(35)31(26)20-22-10-4-1-5-11-22)21-29-16-18-30(19-17-29)25(23-12-6-2-7-13-23)24-14-8-3-9-15-24/h1-15,25H,16-21H2. The number of imide groups is 2. The summed E-state index contributed by atoms with van der Waals surface area (Å²) in [5.74, 6) is -1.51. The van der Waals surface area contributed by atoms with Gasteiger partial charge in [-0.05, 0) is 16.7 Å². The molecule has 4 amide bonds. The van der Waals surface area contributed by atoms with Crippen LogP contribution in [-0.2, 0) is 16.1 Å². The zero-order valence-electron chi connectivity index (χ0n) is 19.5. The van der Waals surface area contributed by atoms with Crippen molar-refractivity contribution < 1.29 is 14.4 Å². The Morgan fingerprint density at radius 3 is 1.63 bits per heavy atom. The van der Waals surface area contributed by atoms with Crippen LogP contribution in [0.4, 0.5) is 4.79 Å². The number of hydrogen-bond acceptors (Lipinski definition) is 5. The van der Waals surface area contributed by atoms with Crippen LogP contribution in [0.5, 0.6) is 0 Å². The molecule has 2 heterocycles. The van der Waals surface area contributed by atoms with Gasteiger partial charge in [-0.3, -0.25) is 24.3 Å². The molecule has 7 heteroatoms. The van der Waals surface area contributed by atoms with Gasteiger partial charge in [-0.25, -0.2) is 9.69 Å². The molecule has 2 aliphatic heterocycles. The van der Waals surface area contributed by atoms with E-state index in [9.17, 15) is 14.4 Å². The molecule has 5 rings (SSSR count). The highest BCUT2D eigenvalue weighted by Gasteiger charge is 2.45. The van der Waals surface area contributed by atoms with Gasteiger partial charge in [0.25, 0.3) is 0 Å². The van der Waals surface area contributed by atoms with Crippen LogP contribution in [-0.4, -0.2) is 70.3 Å². The van der Waals surface area contributed by atoms with Crippen molar-refractivity contribution in [1.29, 1.82) is 0 Å². The number of rotatable bonds is 7. The van der Waals surface area contributed by atoms with Crippen molar-refractivity contribution in [3.05, 3.63) is 108 Å². The molecule has 3 aromatic carbocycles. The fourth-order valence-corrected chi connectivity index (χ4v) is 4.83. The number of carbonyl (C=O) groups excluding carboxylic acids is 3. The van der Waals surface area contributed by atoms with Gasteiger partial charge in [-0.15, -0.1) is 0 Å². The molecule has 2 fully saturated rings. The van der Waals surface area contributed by atoms with Crippen LogP contribution in [0, 0.1) is 0 Å². The van der Waals surface area contributed by atoms with Crippen LogP contribution >= 0.6 is 0 Å². The molecule has 0 unspecified atom stereocenters. The quantitative estimate of drug-likeness (QED) is 0.393. The monoisotopic (exact) mass is 468 g/mol. The highest BCUT2D eigenvalue weighted by atomic mass is 16.2. The van der Waals surface area contributed by atoms with E-state index in [4.69, 9.17) is 0 Å². The Morgan fingerprint density at radius 1 is 0.600 bits per heavy atom. The normalized spacial score (nSPS) is 17.6. The molecule has 0 radical (unpaired) electrons. The predicted octanol–water partition coefficient (Wildman–Crippen LogP) is 3.34. The molecule has 7 nitrogen and oxygen atoms in total. The first kappa shape index (κ1) is 23.0. The van der Waals surface area contributed by atoms with Crippen molar-refractivity contribution in [3.8, 4) is 0 Å². The Balaban J connectivity index is 1.24. The molecule has 3 aromatic rings. The Kier molecular flexibility index (Phi) is 6.70. The lowest BCUT2D eigenvalue weighted by atomic mass is 9.96. The fourth-order valence-electron chi connectivity index (χ4n) is 4.83. The summed E-state index contributed by atoms with van der Waals surface area (Å²) in [6.45, 7) is 3.19. The zero-order chi connectivity index (χ0) is 24.2. The number of piperazine rings is 1. The Hall–Kier alpha value is -3.81. The van der Waals surface area contributed by atoms with Gasteiger partial charge in [0.05, 0.1) is 19.3 Å². The first-order valence-electron chi connectivity index (χ1n) is 11.9. The molecule has 0 aromatic heterocycles. The molecule has 0 N–H and O–H groups in total. The summed E-state index contributed by atoms with van der Waals surface area (Å²) in [5, 5.41) is 0. The van der Waals surface area contributed by atoms with Crippen LogP contribution in [0.15, 0.2) is 91.0 Å². The van der Waals surface area contributed by atoms with Gasteiger partial charge in [0.2, 0.25) is 0 Å². The SMILES string of the molecule is O=C1C(=O)N(CN2CCN(C(c3ccccc3)c3ccccc3)CC2)C(=O)N1Cc1ccccc1. The number of carbonyl (C=O) groups is 3.